The number of carbonyl (C=O) groups excluding carboxylic acids is 1. The molecule has 1 fully saturated rings. The number of esters is 1. The van der Waals surface area contributed by atoms with Gasteiger partial charge in [0.2, 0.25) is 10.0 Å². The molecule has 174 valence electrons. The lowest BCUT2D eigenvalue weighted by atomic mass is 9.79. The molecule has 0 aliphatic carbocycles. The van der Waals surface area contributed by atoms with Gasteiger partial charge >= 0.3 is 13.1 Å². The first-order valence-electron chi connectivity index (χ1n) is 10.5. The Morgan fingerprint density at radius 2 is 1.79 bits per heavy atom. The predicted octanol–water partition coefficient (Wildman–Crippen LogP) is 3.56. The molecular weight excluding hydrogens is 461 g/mol. The van der Waals surface area contributed by atoms with E-state index < -0.39 is 34.8 Å². The number of thiophene rings is 1. The van der Waals surface area contributed by atoms with Crippen LogP contribution in [0.15, 0.2) is 53.6 Å². The minimum atomic E-state index is -3.92. The fourth-order valence-corrected chi connectivity index (χ4v) is 6.30. The molecule has 2 aromatic carbocycles. The molecule has 2 heterocycles. The van der Waals surface area contributed by atoms with Crippen LogP contribution >= 0.6 is 11.3 Å². The van der Waals surface area contributed by atoms with Crippen molar-refractivity contribution in [3.8, 4) is 0 Å². The summed E-state index contributed by atoms with van der Waals surface area (Å²) in [5.41, 5.74) is 0.307. The molecule has 1 aliphatic heterocycles. The van der Waals surface area contributed by atoms with E-state index in [9.17, 15) is 13.2 Å². The molecule has 0 saturated carbocycles. The lowest BCUT2D eigenvalue weighted by Crippen LogP contribution is -2.44. The standard InChI is InChI=1S/C23H26BNO6S2/c1-13(2)21(22(26)29-6)25-33(27,28)16-8-10-18-17-9-7-15(11-19(17)32-20(18)12-16)24-30-14(3)23(4,5)31-24/h7-13,21,25H,3H2,1-2,4-6H3/t21-/m0/s1. The van der Waals surface area contributed by atoms with Gasteiger partial charge in [0.25, 0.3) is 0 Å². The van der Waals surface area contributed by atoms with E-state index in [4.69, 9.17) is 14.0 Å². The number of sulfonamides is 1. The Morgan fingerprint density at radius 3 is 2.36 bits per heavy atom. The van der Waals surface area contributed by atoms with Crippen LogP contribution < -0.4 is 10.2 Å². The lowest BCUT2D eigenvalue weighted by molar-refractivity contribution is -0.143. The summed E-state index contributed by atoms with van der Waals surface area (Å²) in [5.74, 6) is -0.302. The number of ether oxygens (including phenoxy) is 1. The largest absolute Gasteiger partial charge is 0.563 e. The number of fused-ring (bicyclic) bond motifs is 3. The van der Waals surface area contributed by atoms with Gasteiger partial charge in [0.05, 0.1) is 17.8 Å². The molecular formula is C23H26BNO6S2. The van der Waals surface area contributed by atoms with Crippen LogP contribution in [0.1, 0.15) is 27.7 Å². The molecule has 1 atom stereocenters. The third-order valence-corrected chi connectivity index (χ3v) is 8.33. The number of benzene rings is 2. The number of hydrogen-bond acceptors (Lipinski definition) is 7. The third kappa shape index (κ3) is 4.40. The van der Waals surface area contributed by atoms with E-state index in [0.29, 0.717) is 5.76 Å². The van der Waals surface area contributed by atoms with Gasteiger partial charge < -0.3 is 14.0 Å². The van der Waals surface area contributed by atoms with E-state index in [1.54, 1.807) is 32.0 Å². The van der Waals surface area contributed by atoms with Crippen molar-refractivity contribution >= 4 is 60.1 Å². The molecule has 4 rings (SSSR count). The third-order valence-electron chi connectivity index (χ3n) is 5.78. The molecule has 0 spiro atoms. The maximum absolute atomic E-state index is 13.0. The maximum atomic E-state index is 13.0. The Balaban J connectivity index is 1.68. The Bertz CT molecular complexity index is 1360. The molecule has 3 aromatic rings. The van der Waals surface area contributed by atoms with Crippen molar-refractivity contribution in [2.75, 3.05) is 7.11 Å². The van der Waals surface area contributed by atoms with Gasteiger partial charge in [0.15, 0.2) is 0 Å². The summed E-state index contributed by atoms with van der Waals surface area (Å²) in [4.78, 5) is 12.1. The molecule has 0 radical (unpaired) electrons. The SMILES string of the molecule is C=C1OB(c2ccc3c(c2)sc2cc(S(=O)(=O)N[C@H](C(=O)OC)C(C)C)ccc23)OC1(C)C. The van der Waals surface area contributed by atoms with Gasteiger partial charge in [-0.15, -0.1) is 11.3 Å². The highest BCUT2D eigenvalue weighted by molar-refractivity contribution is 7.89. The van der Waals surface area contributed by atoms with E-state index >= 15 is 0 Å². The summed E-state index contributed by atoms with van der Waals surface area (Å²) in [6.45, 7) is 11.3. The van der Waals surface area contributed by atoms with Crippen LogP contribution in [0.5, 0.6) is 0 Å². The molecule has 33 heavy (non-hydrogen) atoms. The Morgan fingerprint density at radius 1 is 1.15 bits per heavy atom. The van der Waals surface area contributed by atoms with Gasteiger partial charge in [-0.25, -0.2) is 8.42 Å². The normalized spacial score (nSPS) is 17.0. The van der Waals surface area contributed by atoms with Gasteiger partial charge in [-0.05, 0) is 43.4 Å². The molecule has 0 bridgehead atoms. The minimum Gasteiger partial charge on any atom is -0.534 e. The van der Waals surface area contributed by atoms with E-state index in [1.807, 2.05) is 32.0 Å². The average Bonchev–Trinajstić information content (AvgIpc) is 3.26. The van der Waals surface area contributed by atoms with Crippen LogP contribution in [0.2, 0.25) is 0 Å². The quantitative estimate of drug-likeness (QED) is 0.423. The second kappa shape index (κ2) is 8.43. The Hall–Kier alpha value is -2.40. The van der Waals surface area contributed by atoms with E-state index in [0.717, 1.165) is 25.6 Å². The zero-order chi connectivity index (χ0) is 24.1. The van der Waals surface area contributed by atoms with E-state index in [1.165, 1.54) is 18.4 Å². The molecule has 1 N–H and O–H groups in total. The van der Waals surface area contributed by atoms with Gasteiger partial charge in [0, 0.05) is 20.2 Å². The summed E-state index contributed by atoms with van der Waals surface area (Å²) in [6, 6.07) is 9.94. The molecule has 1 aliphatic rings. The van der Waals surface area contributed by atoms with Crippen molar-refractivity contribution in [3.63, 3.8) is 0 Å². The second-order valence-corrected chi connectivity index (χ2v) is 11.7. The van der Waals surface area contributed by atoms with E-state index in [-0.39, 0.29) is 10.8 Å². The zero-order valence-corrected chi connectivity index (χ0v) is 20.8. The van der Waals surface area contributed by atoms with Crippen LogP contribution in [0.25, 0.3) is 20.2 Å². The highest BCUT2D eigenvalue weighted by Gasteiger charge is 2.42. The molecule has 1 saturated heterocycles. The molecule has 1 aromatic heterocycles. The van der Waals surface area contributed by atoms with Crippen LogP contribution in [-0.4, -0.2) is 40.3 Å². The minimum absolute atomic E-state index is 0.0943. The van der Waals surface area contributed by atoms with Crippen LogP contribution in [-0.2, 0) is 28.9 Å². The number of methoxy groups -OCH3 is 1. The summed E-state index contributed by atoms with van der Waals surface area (Å²) in [5, 5.41) is 1.97. The molecule has 0 unspecified atom stereocenters. The predicted molar refractivity (Wildman–Crippen MR) is 131 cm³/mol. The zero-order valence-electron chi connectivity index (χ0n) is 19.2. The van der Waals surface area contributed by atoms with Crippen LogP contribution in [0.3, 0.4) is 0 Å². The number of hydrogen-bond donors (Lipinski definition) is 1. The number of nitrogens with one attached hydrogen (secondary N) is 1. The monoisotopic (exact) mass is 487 g/mol. The van der Waals surface area contributed by atoms with Gasteiger partial charge in [-0.3, -0.25) is 4.79 Å². The molecule has 7 nitrogen and oxygen atoms in total. The first-order chi connectivity index (χ1) is 15.4. The fourth-order valence-electron chi connectivity index (χ4n) is 3.67. The van der Waals surface area contributed by atoms with Crippen molar-refractivity contribution in [1.82, 2.24) is 4.72 Å². The summed E-state index contributed by atoms with van der Waals surface area (Å²) < 4.78 is 46.8. The Labute approximate surface area is 197 Å². The number of carbonyl (C=O) groups is 1. The van der Waals surface area contributed by atoms with Crippen molar-refractivity contribution in [2.24, 2.45) is 5.92 Å². The van der Waals surface area contributed by atoms with Gasteiger partial charge in [-0.1, -0.05) is 38.6 Å². The average molecular weight is 487 g/mol. The summed E-state index contributed by atoms with van der Waals surface area (Å²) in [6.07, 6.45) is 0. The fraction of sp³-hybridized carbons (Fsp3) is 0.348. The first-order valence-corrected chi connectivity index (χ1v) is 12.8. The summed E-state index contributed by atoms with van der Waals surface area (Å²) in [7, 11) is -3.22. The molecule has 0 amide bonds. The van der Waals surface area contributed by atoms with Crippen LogP contribution in [0.4, 0.5) is 0 Å². The highest BCUT2D eigenvalue weighted by Crippen LogP contribution is 2.36. The number of rotatable bonds is 6. The molecule has 10 heteroatoms. The topological polar surface area (TPSA) is 90.9 Å². The van der Waals surface area contributed by atoms with Crippen molar-refractivity contribution in [2.45, 2.75) is 44.2 Å². The maximum Gasteiger partial charge on any atom is 0.563 e. The van der Waals surface area contributed by atoms with Crippen molar-refractivity contribution in [1.29, 1.82) is 0 Å². The van der Waals surface area contributed by atoms with Crippen molar-refractivity contribution < 1.29 is 27.3 Å². The Kier molecular flexibility index (Phi) is 6.07. The van der Waals surface area contributed by atoms with Gasteiger partial charge in [-0.2, -0.15) is 4.72 Å². The second-order valence-electron chi connectivity index (χ2n) is 8.88. The highest BCUT2D eigenvalue weighted by atomic mass is 32.2. The van der Waals surface area contributed by atoms with Gasteiger partial charge in [0.1, 0.15) is 11.6 Å². The smallest absolute Gasteiger partial charge is 0.534 e. The van der Waals surface area contributed by atoms with Crippen molar-refractivity contribution in [3.05, 3.63) is 48.7 Å². The van der Waals surface area contributed by atoms with E-state index in [2.05, 4.69) is 11.3 Å². The van der Waals surface area contributed by atoms with Crippen LogP contribution in [0, 0.1) is 5.92 Å². The summed E-state index contributed by atoms with van der Waals surface area (Å²) >= 11 is 1.48. The lowest BCUT2D eigenvalue weighted by Gasteiger charge is -2.19. The first kappa shape index (κ1) is 23.8.